The average molecular weight is 296 g/mol. The minimum Gasteiger partial charge on any atom is -0.306 e. The van der Waals surface area contributed by atoms with Gasteiger partial charge in [-0.2, -0.15) is 0 Å². The highest BCUT2D eigenvalue weighted by atomic mass is 35.5. The van der Waals surface area contributed by atoms with Gasteiger partial charge in [0.15, 0.2) is 0 Å². The van der Waals surface area contributed by atoms with E-state index in [0.29, 0.717) is 22.7 Å². The highest BCUT2D eigenvalue weighted by Gasteiger charge is 2.17. The van der Waals surface area contributed by atoms with Gasteiger partial charge in [-0.1, -0.05) is 30.7 Å². The van der Waals surface area contributed by atoms with Gasteiger partial charge in [0.05, 0.1) is 6.04 Å². The molecule has 20 heavy (non-hydrogen) atoms. The molecule has 1 nitrogen and oxygen atoms in total. The van der Waals surface area contributed by atoms with Crippen LogP contribution in [0.4, 0.5) is 8.78 Å². The van der Waals surface area contributed by atoms with Crippen LogP contribution >= 0.6 is 11.6 Å². The molecule has 0 saturated carbocycles. The summed E-state index contributed by atoms with van der Waals surface area (Å²) in [6, 6.07) is 8.87. The van der Waals surface area contributed by atoms with Crippen molar-refractivity contribution in [1.29, 1.82) is 0 Å². The lowest BCUT2D eigenvalue weighted by Gasteiger charge is -2.20. The highest BCUT2D eigenvalue weighted by Crippen LogP contribution is 2.29. The lowest BCUT2D eigenvalue weighted by atomic mass is 9.97. The smallest absolute Gasteiger partial charge is 0.126 e. The first-order valence-electron chi connectivity index (χ1n) is 6.47. The normalized spacial score (nSPS) is 12.4. The number of halogens is 3. The third kappa shape index (κ3) is 3.17. The molecule has 0 aliphatic heterocycles. The van der Waals surface area contributed by atoms with E-state index in [1.165, 1.54) is 24.3 Å². The molecule has 0 aliphatic carbocycles. The Kier molecular flexibility index (Phi) is 4.73. The summed E-state index contributed by atoms with van der Waals surface area (Å²) in [5.41, 5.74) is 1.91. The van der Waals surface area contributed by atoms with Crippen molar-refractivity contribution < 1.29 is 8.78 Å². The van der Waals surface area contributed by atoms with E-state index in [-0.39, 0.29) is 17.7 Å². The minimum atomic E-state index is -0.361. The van der Waals surface area contributed by atoms with E-state index in [1.807, 2.05) is 13.0 Å². The van der Waals surface area contributed by atoms with E-state index < -0.39 is 0 Å². The molecule has 1 unspecified atom stereocenters. The third-order valence-corrected chi connectivity index (χ3v) is 3.55. The molecule has 0 fully saturated rings. The Morgan fingerprint density at radius 2 is 1.90 bits per heavy atom. The van der Waals surface area contributed by atoms with Crippen LogP contribution in [0.5, 0.6) is 0 Å². The van der Waals surface area contributed by atoms with E-state index in [4.69, 9.17) is 11.6 Å². The minimum absolute atomic E-state index is 0.280. The van der Waals surface area contributed by atoms with Crippen molar-refractivity contribution >= 4 is 11.6 Å². The lowest BCUT2D eigenvalue weighted by Crippen LogP contribution is -2.22. The van der Waals surface area contributed by atoms with Crippen LogP contribution < -0.4 is 5.32 Å². The summed E-state index contributed by atoms with van der Waals surface area (Å²) in [6.45, 7) is 4.30. The van der Waals surface area contributed by atoms with Crippen LogP contribution in [0.1, 0.15) is 29.7 Å². The maximum Gasteiger partial charge on any atom is 0.126 e. The zero-order valence-electron chi connectivity index (χ0n) is 11.4. The molecule has 0 aliphatic rings. The summed E-state index contributed by atoms with van der Waals surface area (Å²) in [5, 5.41) is 3.67. The quantitative estimate of drug-likeness (QED) is 0.867. The van der Waals surface area contributed by atoms with Gasteiger partial charge in [0.1, 0.15) is 11.6 Å². The van der Waals surface area contributed by atoms with Crippen LogP contribution in [-0.4, -0.2) is 6.54 Å². The number of nitrogens with one attached hydrogen (secondary N) is 1. The second-order valence-corrected chi connectivity index (χ2v) is 5.07. The predicted octanol–water partition coefficient (Wildman–Crippen LogP) is 4.63. The first-order chi connectivity index (χ1) is 9.52. The molecule has 106 valence electrons. The van der Waals surface area contributed by atoms with Crippen LogP contribution in [0.15, 0.2) is 36.4 Å². The largest absolute Gasteiger partial charge is 0.306 e. The topological polar surface area (TPSA) is 12.0 Å². The van der Waals surface area contributed by atoms with Gasteiger partial charge in [-0.05, 0) is 54.4 Å². The fraction of sp³-hybridized carbons (Fsp3) is 0.250. The second-order valence-electron chi connectivity index (χ2n) is 4.67. The zero-order valence-corrected chi connectivity index (χ0v) is 12.1. The van der Waals surface area contributed by atoms with E-state index in [1.54, 1.807) is 13.0 Å². The fourth-order valence-electron chi connectivity index (χ4n) is 2.14. The Labute approximate surface area is 122 Å². The molecule has 0 saturated heterocycles. The monoisotopic (exact) mass is 295 g/mol. The molecule has 4 heteroatoms. The Hall–Kier alpha value is -1.45. The first-order valence-corrected chi connectivity index (χ1v) is 6.85. The van der Waals surface area contributed by atoms with E-state index in [9.17, 15) is 8.78 Å². The molecule has 0 spiro atoms. The van der Waals surface area contributed by atoms with E-state index >= 15 is 0 Å². The van der Waals surface area contributed by atoms with Gasteiger partial charge >= 0.3 is 0 Å². The predicted molar refractivity (Wildman–Crippen MR) is 78.1 cm³/mol. The summed E-state index contributed by atoms with van der Waals surface area (Å²) >= 11 is 6.15. The molecule has 0 bridgehead atoms. The van der Waals surface area contributed by atoms with Crippen LogP contribution in [0.25, 0.3) is 0 Å². The van der Waals surface area contributed by atoms with Crippen molar-refractivity contribution in [1.82, 2.24) is 5.32 Å². The summed E-state index contributed by atoms with van der Waals surface area (Å²) in [4.78, 5) is 0. The van der Waals surface area contributed by atoms with Crippen LogP contribution in [0.2, 0.25) is 5.02 Å². The molecule has 1 atom stereocenters. The molecular weight excluding hydrogens is 280 g/mol. The first kappa shape index (κ1) is 14.9. The second kappa shape index (κ2) is 6.33. The molecule has 1 N–H and O–H groups in total. The van der Waals surface area contributed by atoms with Crippen LogP contribution in [0, 0.1) is 18.6 Å². The highest BCUT2D eigenvalue weighted by molar-refractivity contribution is 6.31. The van der Waals surface area contributed by atoms with Gasteiger partial charge in [0.2, 0.25) is 0 Å². The van der Waals surface area contributed by atoms with Gasteiger partial charge in [-0.25, -0.2) is 8.78 Å². The summed E-state index contributed by atoms with van der Waals surface area (Å²) in [7, 11) is 0. The molecule has 2 aromatic rings. The SMILES string of the molecule is CCNC(c1ccc(C)c(F)c1)c1cc(F)ccc1Cl. The Balaban J connectivity index is 2.49. The lowest BCUT2D eigenvalue weighted by molar-refractivity contribution is 0.589. The summed E-state index contributed by atoms with van der Waals surface area (Å²) < 4.78 is 27.2. The number of hydrogen-bond acceptors (Lipinski definition) is 1. The van der Waals surface area contributed by atoms with Crippen molar-refractivity contribution in [3.63, 3.8) is 0 Å². The van der Waals surface area contributed by atoms with Crippen molar-refractivity contribution in [2.75, 3.05) is 6.54 Å². The van der Waals surface area contributed by atoms with Crippen LogP contribution in [-0.2, 0) is 0 Å². The van der Waals surface area contributed by atoms with E-state index in [0.717, 1.165) is 5.56 Å². The number of rotatable bonds is 4. The van der Waals surface area contributed by atoms with Gasteiger partial charge in [0.25, 0.3) is 0 Å². The van der Waals surface area contributed by atoms with Gasteiger partial charge in [0, 0.05) is 5.02 Å². The van der Waals surface area contributed by atoms with E-state index in [2.05, 4.69) is 5.32 Å². The van der Waals surface area contributed by atoms with Crippen LogP contribution in [0.3, 0.4) is 0 Å². The van der Waals surface area contributed by atoms with Gasteiger partial charge < -0.3 is 5.32 Å². The Bertz CT molecular complexity index is 613. The number of benzene rings is 2. The van der Waals surface area contributed by atoms with Crippen molar-refractivity contribution in [2.45, 2.75) is 19.9 Å². The zero-order chi connectivity index (χ0) is 14.7. The molecule has 0 heterocycles. The van der Waals surface area contributed by atoms with Crippen molar-refractivity contribution in [2.24, 2.45) is 0 Å². The maximum absolute atomic E-state index is 13.7. The molecule has 2 rings (SSSR count). The standard InChI is InChI=1S/C16H16ClF2N/c1-3-20-16(11-5-4-10(2)15(19)8-11)13-9-12(18)6-7-14(13)17/h4-9,16,20H,3H2,1-2H3. The van der Waals surface area contributed by atoms with Crippen molar-refractivity contribution in [3.05, 3.63) is 69.7 Å². The molecule has 2 aromatic carbocycles. The van der Waals surface area contributed by atoms with Gasteiger partial charge in [-0.15, -0.1) is 0 Å². The Morgan fingerprint density at radius 3 is 2.55 bits per heavy atom. The fourth-order valence-corrected chi connectivity index (χ4v) is 2.36. The molecular formula is C16H16ClF2N. The maximum atomic E-state index is 13.7. The summed E-state index contributed by atoms with van der Waals surface area (Å²) in [6.07, 6.45) is 0. The number of aryl methyl sites for hydroxylation is 1. The Morgan fingerprint density at radius 1 is 1.15 bits per heavy atom. The molecule has 0 radical (unpaired) electrons. The molecule has 0 aromatic heterocycles. The van der Waals surface area contributed by atoms with Crippen molar-refractivity contribution in [3.8, 4) is 0 Å². The van der Waals surface area contributed by atoms with Gasteiger partial charge in [-0.3, -0.25) is 0 Å². The number of hydrogen-bond donors (Lipinski definition) is 1. The average Bonchev–Trinajstić information content (AvgIpc) is 2.42. The molecule has 0 amide bonds. The summed E-state index contributed by atoms with van der Waals surface area (Å²) in [5.74, 6) is -0.641. The third-order valence-electron chi connectivity index (χ3n) is 3.21.